The third kappa shape index (κ3) is 7.93. The van der Waals surface area contributed by atoms with Gasteiger partial charge in [0.15, 0.2) is 11.8 Å². The number of aromatic nitrogens is 7. The second kappa shape index (κ2) is 12.0. The van der Waals surface area contributed by atoms with Gasteiger partial charge in [0.1, 0.15) is 16.9 Å². The molecular weight excluding hydrogens is 596 g/mol. The normalized spacial score (nSPS) is 16.4. The maximum absolute atomic E-state index is 14.5. The van der Waals surface area contributed by atoms with E-state index >= 15 is 0 Å². The van der Waals surface area contributed by atoms with Crippen LogP contribution < -0.4 is 14.2 Å². The van der Waals surface area contributed by atoms with Crippen molar-refractivity contribution < 1.29 is 31.8 Å². The molecule has 0 aliphatic carbocycles. The van der Waals surface area contributed by atoms with E-state index < -0.39 is 36.2 Å². The highest BCUT2D eigenvalue weighted by Crippen LogP contribution is 2.36. The Labute approximate surface area is 257 Å². The van der Waals surface area contributed by atoms with Crippen molar-refractivity contribution in [1.29, 1.82) is 0 Å². The summed E-state index contributed by atoms with van der Waals surface area (Å²) in [5.74, 6) is -2.68. The summed E-state index contributed by atoms with van der Waals surface area (Å²) in [6.07, 6.45) is -2.06. The van der Waals surface area contributed by atoms with E-state index in [0.717, 1.165) is 0 Å². The van der Waals surface area contributed by atoms with Gasteiger partial charge in [-0.2, -0.15) is 4.98 Å². The molecule has 5 rings (SSSR count). The molecule has 1 atom stereocenters. The minimum atomic E-state index is -2.95. The van der Waals surface area contributed by atoms with Crippen LogP contribution in [0.4, 0.5) is 17.6 Å². The number of ether oxygens (including phenoxy) is 3. The van der Waals surface area contributed by atoms with E-state index in [4.69, 9.17) is 14.2 Å². The summed E-state index contributed by atoms with van der Waals surface area (Å²) in [6, 6.07) is 4.55. The van der Waals surface area contributed by atoms with Crippen molar-refractivity contribution >= 4 is 11.0 Å². The number of alkyl halides is 4. The van der Waals surface area contributed by atoms with Crippen molar-refractivity contribution in [2.75, 3.05) is 13.1 Å². The van der Waals surface area contributed by atoms with Gasteiger partial charge in [0.25, 0.3) is 12.3 Å². The van der Waals surface area contributed by atoms with Gasteiger partial charge in [0.2, 0.25) is 11.8 Å². The zero-order valence-electron chi connectivity index (χ0n) is 26.2. The average Bonchev–Trinajstić information content (AvgIpc) is 3.42. The molecule has 0 aromatic carbocycles. The zero-order chi connectivity index (χ0) is 32.7. The van der Waals surface area contributed by atoms with Crippen LogP contribution in [-0.4, -0.2) is 76.5 Å². The quantitative estimate of drug-likeness (QED) is 0.210. The van der Waals surface area contributed by atoms with Gasteiger partial charge in [0.05, 0.1) is 23.2 Å². The van der Waals surface area contributed by atoms with Gasteiger partial charge >= 0.3 is 6.01 Å². The van der Waals surface area contributed by atoms with E-state index in [0.29, 0.717) is 28.0 Å². The summed E-state index contributed by atoms with van der Waals surface area (Å²) in [5, 5.41) is 13.2. The molecular formula is C30H36F4N8O3. The molecule has 0 unspecified atom stereocenters. The molecule has 15 heteroatoms. The van der Waals surface area contributed by atoms with Crippen LogP contribution in [0.5, 0.6) is 17.8 Å². The van der Waals surface area contributed by atoms with Crippen molar-refractivity contribution in [1.82, 2.24) is 39.8 Å². The van der Waals surface area contributed by atoms with E-state index in [1.807, 2.05) is 41.5 Å². The van der Waals surface area contributed by atoms with Crippen LogP contribution in [0, 0.1) is 0 Å². The Morgan fingerprint density at radius 2 is 1.71 bits per heavy atom. The summed E-state index contributed by atoms with van der Waals surface area (Å²) < 4.78 is 75.4. The fourth-order valence-electron chi connectivity index (χ4n) is 4.77. The first kappa shape index (κ1) is 32.3. The molecule has 4 aromatic rings. The maximum atomic E-state index is 14.5. The molecule has 242 valence electrons. The largest absolute Gasteiger partial charge is 0.471 e. The standard InChI is InChI=1S/C30H36F4N8O3/c1-28(2,3)44-25-20(14-36-27(37-25)45-29(4,5)6)21-13-19-24(39-38-21)41(7)40-26(19)43-22(23(31)32)17-8-10-35-18(12-17)15-42-11-9-30(33,34)16-42/h8,10,12-14,22-23H,9,11,15-16H2,1-7H3/t22-/m1/s1. The topological polar surface area (TPSA) is 113 Å². The molecule has 0 bridgehead atoms. The minimum Gasteiger partial charge on any atom is -0.471 e. The SMILES string of the molecule is Cn1nc(O[C@H](c2ccnc(CN3CCC(F)(F)C3)c2)C(F)F)c2cc(-c3cnc(OC(C)(C)C)nc3OC(C)(C)C)nnc21. The van der Waals surface area contributed by atoms with Gasteiger partial charge in [-0.25, -0.2) is 27.2 Å². The third-order valence-electron chi connectivity index (χ3n) is 6.63. The molecule has 1 saturated heterocycles. The predicted octanol–water partition coefficient (Wildman–Crippen LogP) is 5.80. The Balaban J connectivity index is 1.48. The molecule has 1 fully saturated rings. The van der Waals surface area contributed by atoms with E-state index in [2.05, 4.69) is 30.2 Å². The predicted molar refractivity (Wildman–Crippen MR) is 157 cm³/mol. The smallest absolute Gasteiger partial charge is 0.320 e. The number of hydrogen-bond acceptors (Lipinski definition) is 10. The molecule has 1 aliphatic heterocycles. The third-order valence-corrected chi connectivity index (χ3v) is 6.63. The Hall–Kier alpha value is -4.14. The number of halogens is 4. The highest BCUT2D eigenvalue weighted by Gasteiger charge is 2.38. The van der Waals surface area contributed by atoms with Gasteiger partial charge in [-0.3, -0.25) is 9.88 Å². The molecule has 1 aliphatic rings. The van der Waals surface area contributed by atoms with E-state index in [1.165, 1.54) is 29.2 Å². The molecule has 5 heterocycles. The number of rotatable bonds is 9. The van der Waals surface area contributed by atoms with Gasteiger partial charge in [-0.1, -0.05) is 0 Å². The van der Waals surface area contributed by atoms with E-state index in [9.17, 15) is 17.6 Å². The monoisotopic (exact) mass is 632 g/mol. The number of hydrogen-bond donors (Lipinski definition) is 0. The molecule has 0 radical (unpaired) electrons. The first-order valence-electron chi connectivity index (χ1n) is 14.4. The zero-order valence-corrected chi connectivity index (χ0v) is 26.2. The van der Waals surface area contributed by atoms with Gasteiger partial charge in [-0.05, 0) is 59.7 Å². The summed E-state index contributed by atoms with van der Waals surface area (Å²) in [7, 11) is 1.59. The van der Waals surface area contributed by atoms with Gasteiger partial charge < -0.3 is 14.2 Å². The molecule has 0 spiro atoms. The van der Waals surface area contributed by atoms with Crippen LogP contribution >= 0.6 is 0 Å². The number of aryl methyl sites for hydroxylation is 1. The van der Waals surface area contributed by atoms with Crippen molar-refractivity contribution in [3.63, 3.8) is 0 Å². The van der Waals surface area contributed by atoms with Crippen LogP contribution in [0.15, 0.2) is 30.6 Å². The highest BCUT2D eigenvalue weighted by atomic mass is 19.3. The minimum absolute atomic E-state index is 0.0987. The first-order chi connectivity index (χ1) is 21.0. The summed E-state index contributed by atoms with van der Waals surface area (Å²) in [5.41, 5.74) is 0.303. The van der Waals surface area contributed by atoms with Crippen molar-refractivity contribution in [2.24, 2.45) is 7.05 Å². The number of nitrogens with zero attached hydrogens (tertiary/aromatic N) is 8. The Bertz CT molecular complexity index is 1670. The maximum Gasteiger partial charge on any atom is 0.320 e. The van der Waals surface area contributed by atoms with Gasteiger partial charge in [0, 0.05) is 44.5 Å². The van der Waals surface area contributed by atoms with Crippen LogP contribution in [0.1, 0.15) is 65.3 Å². The Morgan fingerprint density at radius 1 is 0.978 bits per heavy atom. The lowest BCUT2D eigenvalue weighted by Gasteiger charge is -2.24. The molecule has 0 N–H and O–H groups in total. The second-order valence-electron chi connectivity index (χ2n) is 13.0. The lowest BCUT2D eigenvalue weighted by atomic mass is 10.1. The van der Waals surface area contributed by atoms with Crippen LogP contribution in [0.2, 0.25) is 0 Å². The molecule has 0 saturated carbocycles. The van der Waals surface area contributed by atoms with Gasteiger partial charge in [-0.15, -0.1) is 15.3 Å². The summed E-state index contributed by atoms with van der Waals surface area (Å²) in [4.78, 5) is 14.5. The van der Waals surface area contributed by atoms with Crippen molar-refractivity contribution in [2.45, 2.75) is 84.2 Å². The first-order valence-corrected chi connectivity index (χ1v) is 14.4. The van der Waals surface area contributed by atoms with Crippen LogP contribution in [0.3, 0.4) is 0 Å². The fraction of sp³-hybridized carbons (Fsp3) is 0.533. The summed E-state index contributed by atoms with van der Waals surface area (Å²) in [6.45, 7) is 11.1. The Morgan fingerprint density at radius 3 is 2.36 bits per heavy atom. The number of likely N-dealkylation sites (tertiary alicyclic amines) is 1. The molecule has 45 heavy (non-hydrogen) atoms. The van der Waals surface area contributed by atoms with Crippen LogP contribution in [-0.2, 0) is 13.6 Å². The van der Waals surface area contributed by atoms with Crippen LogP contribution in [0.25, 0.3) is 22.3 Å². The number of fused-ring (bicyclic) bond motifs is 1. The second-order valence-corrected chi connectivity index (χ2v) is 13.0. The lowest BCUT2D eigenvalue weighted by Crippen LogP contribution is -2.26. The molecule has 4 aromatic heterocycles. The molecule has 0 amide bonds. The van der Waals surface area contributed by atoms with E-state index in [-0.39, 0.29) is 42.8 Å². The van der Waals surface area contributed by atoms with Crippen molar-refractivity contribution in [3.05, 3.63) is 41.9 Å². The lowest BCUT2D eigenvalue weighted by molar-refractivity contribution is 0.00823. The van der Waals surface area contributed by atoms with E-state index in [1.54, 1.807) is 18.0 Å². The average molecular weight is 633 g/mol. The fourth-order valence-corrected chi connectivity index (χ4v) is 4.77. The summed E-state index contributed by atoms with van der Waals surface area (Å²) >= 11 is 0. The molecule has 11 nitrogen and oxygen atoms in total. The highest BCUT2D eigenvalue weighted by molar-refractivity contribution is 5.85. The number of pyridine rings is 1. The van der Waals surface area contributed by atoms with Crippen molar-refractivity contribution in [3.8, 4) is 29.0 Å². The Kier molecular flexibility index (Phi) is 8.59.